The SMILES string of the molecule is CC1CN(C(=O)CCOCCNC(=O)OCC2c3ccccc3-c3ccccc32)CC1CC(=O)O. The number of nitrogens with zero attached hydrogens (tertiary/aromatic N) is 1. The van der Waals surface area contributed by atoms with E-state index in [1.807, 2.05) is 31.2 Å². The molecule has 8 nitrogen and oxygen atoms in total. The number of rotatable bonds is 10. The van der Waals surface area contributed by atoms with E-state index < -0.39 is 12.1 Å². The van der Waals surface area contributed by atoms with Gasteiger partial charge in [-0.1, -0.05) is 55.5 Å². The molecule has 1 saturated heterocycles. The van der Waals surface area contributed by atoms with Crippen molar-refractivity contribution in [3.8, 4) is 11.1 Å². The van der Waals surface area contributed by atoms with Crippen molar-refractivity contribution >= 4 is 18.0 Å². The van der Waals surface area contributed by atoms with Crippen LogP contribution in [0, 0.1) is 11.8 Å². The molecule has 2 aromatic rings. The Morgan fingerprint density at radius 1 is 1.00 bits per heavy atom. The van der Waals surface area contributed by atoms with Crippen LogP contribution in [0.15, 0.2) is 48.5 Å². The first-order valence-corrected chi connectivity index (χ1v) is 12.1. The number of carboxylic acid groups (broad SMARTS) is 1. The summed E-state index contributed by atoms with van der Waals surface area (Å²) in [5.41, 5.74) is 4.69. The molecule has 2 aromatic carbocycles. The standard InChI is InChI=1S/C27H32N2O6/c1-18-15-29(16-19(18)14-26(31)32)25(30)10-12-34-13-11-28-27(33)35-17-24-22-8-4-2-6-20(22)21-7-3-5-9-23(21)24/h2-9,18-19,24H,10-17H2,1H3,(H,28,33)(H,31,32). The van der Waals surface area contributed by atoms with Crippen molar-refractivity contribution in [2.24, 2.45) is 11.8 Å². The zero-order valence-electron chi connectivity index (χ0n) is 19.9. The third-order valence-corrected chi connectivity index (χ3v) is 6.88. The van der Waals surface area contributed by atoms with Crippen LogP contribution in [-0.2, 0) is 19.1 Å². The molecule has 1 aliphatic carbocycles. The fourth-order valence-corrected chi connectivity index (χ4v) is 5.02. The van der Waals surface area contributed by atoms with Gasteiger partial charge in [-0.2, -0.15) is 0 Å². The lowest BCUT2D eigenvalue weighted by atomic mass is 9.95. The van der Waals surface area contributed by atoms with E-state index in [1.54, 1.807) is 4.90 Å². The summed E-state index contributed by atoms with van der Waals surface area (Å²) in [6, 6.07) is 16.4. The second-order valence-corrected chi connectivity index (χ2v) is 9.25. The van der Waals surface area contributed by atoms with Crippen LogP contribution in [0.4, 0.5) is 4.79 Å². The Bertz CT molecular complexity index is 1030. The van der Waals surface area contributed by atoms with Crippen molar-refractivity contribution in [2.45, 2.75) is 25.7 Å². The van der Waals surface area contributed by atoms with Crippen LogP contribution in [0.25, 0.3) is 11.1 Å². The number of aliphatic carboxylic acids is 1. The molecule has 0 radical (unpaired) electrons. The average molecular weight is 481 g/mol. The molecule has 0 spiro atoms. The van der Waals surface area contributed by atoms with Gasteiger partial charge < -0.3 is 24.8 Å². The molecule has 2 atom stereocenters. The molecule has 0 saturated carbocycles. The Labute approximate surface area is 205 Å². The number of hydrogen-bond donors (Lipinski definition) is 2. The maximum absolute atomic E-state index is 12.4. The minimum atomic E-state index is -0.830. The molecule has 35 heavy (non-hydrogen) atoms. The lowest BCUT2D eigenvalue weighted by Crippen LogP contribution is -2.31. The van der Waals surface area contributed by atoms with Gasteiger partial charge in [-0.15, -0.1) is 0 Å². The predicted molar refractivity (Wildman–Crippen MR) is 130 cm³/mol. The van der Waals surface area contributed by atoms with Gasteiger partial charge in [0.05, 0.1) is 26.1 Å². The van der Waals surface area contributed by atoms with Crippen LogP contribution in [0.2, 0.25) is 0 Å². The minimum absolute atomic E-state index is 0.00114. The van der Waals surface area contributed by atoms with E-state index in [0.717, 1.165) is 11.1 Å². The molecule has 186 valence electrons. The van der Waals surface area contributed by atoms with Gasteiger partial charge in [-0.3, -0.25) is 9.59 Å². The second kappa shape index (κ2) is 11.4. The number of nitrogens with one attached hydrogen (secondary N) is 1. The molecule has 0 bridgehead atoms. The number of ether oxygens (including phenoxy) is 2. The molecule has 1 fully saturated rings. The smallest absolute Gasteiger partial charge is 0.407 e. The van der Waals surface area contributed by atoms with Crippen molar-refractivity contribution in [2.75, 3.05) is 39.5 Å². The lowest BCUT2D eigenvalue weighted by Gasteiger charge is -2.16. The van der Waals surface area contributed by atoms with E-state index in [0.29, 0.717) is 13.1 Å². The van der Waals surface area contributed by atoms with Crippen LogP contribution in [0.5, 0.6) is 0 Å². The van der Waals surface area contributed by atoms with Crippen molar-refractivity contribution in [1.82, 2.24) is 10.2 Å². The van der Waals surface area contributed by atoms with Crippen LogP contribution in [0.1, 0.15) is 36.8 Å². The third kappa shape index (κ3) is 6.00. The van der Waals surface area contributed by atoms with Gasteiger partial charge in [0.1, 0.15) is 6.61 Å². The van der Waals surface area contributed by atoms with Gasteiger partial charge in [0.15, 0.2) is 0 Å². The molecular formula is C27H32N2O6. The molecule has 1 heterocycles. The van der Waals surface area contributed by atoms with E-state index in [-0.39, 0.29) is 62.9 Å². The zero-order chi connectivity index (χ0) is 24.8. The van der Waals surface area contributed by atoms with E-state index in [4.69, 9.17) is 14.6 Å². The highest BCUT2D eigenvalue weighted by molar-refractivity contribution is 5.79. The van der Waals surface area contributed by atoms with Crippen molar-refractivity contribution in [3.63, 3.8) is 0 Å². The number of carbonyl (C=O) groups is 3. The molecule has 2 N–H and O–H groups in total. The first kappa shape index (κ1) is 24.7. The summed E-state index contributed by atoms with van der Waals surface area (Å²) in [5, 5.41) is 11.7. The highest BCUT2D eigenvalue weighted by atomic mass is 16.5. The molecule has 2 unspecified atom stereocenters. The lowest BCUT2D eigenvalue weighted by molar-refractivity contribution is -0.138. The van der Waals surface area contributed by atoms with Crippen LogP contribution in [-0.4, -0.2) is 67.4 Å². The van der Waals surface area contributed by atoms with Gasteiger partial charge in [0, 0.05) is 25.6 Å². The number of carbonyl (C=O) groups excluding carboxylic acids is 2. The number of carboxylic acids is 1. The van der Waals surface area contributed by atoms with Gasteiger partial charge in [0.25, 0.3) is 0 Å². The summed E-state index contributed by atoms with van der Waals surface area (Å²) >= 11 is 0. The zero-order valence-corrected chi connectivity index (χ0v) is 19.9. The Morgan fingerprint density at radius 2 is 1.66 bits per heavy atom. The first-order chi connectivity index (χ1) is 16.9. The highest BCUT2D eigenvalue weighted by Gasteiger charge is 2.33. The summed E-state index contributed by atoms with van der Waals surface area (Å²) in [6.45, 7) is 4.11. The molecule has 2 amide bonds. The number of hydrogen-bond acceptors (Lipinski definition) is 5. The van der Waals surface area contributed by atoms with E-state index in [9.17, 15) is 14.4 Å². The summed E-state index contributed by atoms with van der Waals surface area (Å²) in [5.74, 6) is -0.674. The highest BCUT2D eigenvalue weighted by Crippen LogP contribution is 2.44. The predicted octanol–water partition coefficient (Wildman–Crippen LogP) is 3.50. The third-order valence-electron chi connectivity index (χ3n) is 6.88. The van der Waals surface area contributed by atoms with Gasteiger partial charge in [-0.25, -0.2) is 4.79 Å². The Kier molecular flexibility index (Phi) is 8.02. The Hall–Kier alpha value is -3.39. The monoisotopic (exact) mass is 480 g/mol. The van der Waals surface area contributed by atoms with Crippen molar-refractivity contribution in [1.29, 1.82) is 0 Å². The molecule has 8 heteroatoms. The quantitative estimate of drug-likeness (QED) is 0.505. The summed E-state index contributed by atoms with van der Waals surface area (Å²) in [7, 11) is 0. The fourth-order valence-electron chi connectivity index (χ4n) is 5.02. The number of alkyl carbamates (subject to hydrolysis) is 1. The number of benzene rings is 2. The molecular weight excluding hydrogens is 448 g/mol. The molecule has 4 rings (SSSR count). The van der Waals surface area contributed by atoms with Crippen LogP contribution >= 0.6 is 0 Å². The number of fused-ring (bicyclic) bond motifs is 3. The molecule has 1 aliphatic heterocycles. The van der Waals surface area contributed by atoms with E-state index >= 15 is 0 Å². The van der Waals surface area contributed by atoms with Crippen LogP contribution in [0.3, 0.4) is 0 Å². The summed E-state index contributed by atoms with van der Waals surface area (Å²) in [4.78, 5) is 37.2. The van der Waals surface area contributed by atoms with Gasteiger partial charge in [0.2, 0.25) is 5.91 Å². The Morgan fingerprint density at radius 3 is 2.31 bits per heavy atom. The normalized spacial score (nSPS) is 18.7. The van der Waals surface area contributed by atoms with E-state index in [1.165, 1.54) is 11.1 Å². The topological polar surface area (TPSA) is 105 Å². The van der Waals surface area contributed by atoms with Gasteiger partial charge >= 0.3 is 12.1 Å². The largest absolute Gasteiger partial charge is 0.481 e. The fraction of sp³-hybridized carbons (Fsp3) is 0.444. The van der Waals surface area contributed by atoms with E-state index in [2.05, 4.69) is 29.6 Å². The number of amides is 2. The first-order valence-electron chi connectivity index (χ1n) is 12.1. The maximum atomic E-state index is 12.4. The van der Waals surface area contributed by atoms with Gasteiger partial charge in [-0.05, 0) is 34.1 Å². The van der Waals surface area contributed by atoms with Crippen molar-refractivity contribution < 1.29 is 29.0 Å². The Balaban J connectivity index is 1.12. The molecule has 2 aliphatic rings. The summed E-state index contributed by atoms with van der Waals surface area (Å²) in [6.07, 6.45) is -0.178. The minimum Gasteiger partial charge on any atom is -0.481 e. The van der Waals surface area contributed by atoms with Crippen LogP contribution < -0.4 is 5.32 Å². The number of likely N-dealkylation sites (tertiary alicyclic amines) is 1. The average Bonchev–Trinajstić information content (AvgIpc) is 3.37. The van der Waals surface area contributed by atoms with Crippen molar-refractivity contribution in [3.05, 3.63) is 59.7 Å². The maximum Gasteiger partial charge on any atom is 0.407 e. The molecule has 0 aromatic heterocycles. The summed E-state index contributed by atoms with van der Waals surface area (Å²) < 4.78 is 11.0. The second-order valence-electron chi connectivity index (χ2n) is 9.25.